The van der Waals surface area contributed by atoms with E-state index in [4.69, 9.17) is 14.2 Å². The van der Waals surface area contributed by atoms with Crippen molar-refractivity contribution in [1.29, 1.82) is 0 Å². The summed E-state index contributed by atoms with van der Waals surface area (Å²) < 4.78 is 15.1. The minimum absolute atomic E-state index is 0.0520. The Kier molecular flexibility index (Phi) is 4.45. The number of aryl methyl sites for hydroxylation is 1. The third kappa shape index (κ3) is 2.74. The van der Waals surface area contributed by atoms with Crippen molar-refractivity contribution in [3.8, 4) is 0 Å². The summed E-state index contributed by atoms with van der Waals surface area (Å²) in [5.41, 5.74) is 2.92. The number of rotatable bonds is 3. The SMILES string of the molecule is COC(=O)C1=C(C(=O)OC)N(c2c(C)ccc3c2CNC3=O)COC1. The molecule has 3 rings (SSSR count). The number of nitrogens with one attached hydrogen (secondary N) is 1. The van der Waals surface area contributed by atoms with Gasteiger partial charge in [0.1, 0.15) is 12.4 Å². The summed E-state index contributed by atoms with van der Waals surface area (Å²) in [4.78, 5) is 38.0. The minimum Gasteiger partial charge on any atom is -0.466 e. The highest BCUT2D eigenvalue weighted by Gasteiger charge is 2.35. The van der Waals surface area contributed by atoms with Crippen LogP contribution in [0.25, 0.3) is 0 Å². The Bertz CT molecular complexity index is 799. The fourth-order valence-electron chi connectivity index (χ4n) is 3.10. The van der Waals surface area contributed by atoms with E-state index in [-0.39, 0.29) is 30.5 Å². The molecule has 2 aliphatic heterocycles. The van der Waals surface area contributed by atoms with Crippen LogP contribution in [0.15, 0.2) is 23.4 Å². The maximum atomic E-state index is 12.4. The lowest BCUT2D eigenvalue weighted by Gasteiger charge is -2.33. The van der Waals surface area contributed by atoms with Crippen molar-refractivity contribution in [1.82, 2.24) is 5.32 Å². The number of nitrogens with zero attached hydrogens (tertiary/aromatic N) is 1. The van der Waals surface area contributed by atoms with Crippen LogP contribution in [-0.4, -0.2) is 45.4 Å². The molecular formula is C17H18N2O6. The molecule has 2 heterocycles. The van der Waals surface area contributed by atoms with Gasteiger partial charge in [-0.25, -0.2) is 9.59 Å². The molecule has 0 radical (unpaired) electrons. The largest absolute Gasteiger partial charge is 0.466 e. The monoisotopic (exact) mass is 346 g/mol. The second-order valence-corrected chi connectivity index (χ2v) is 5.66. The zero-order valence-corrected chi connectivity index (χ0v) is 14.2. The lowest BCUT2D eigenvalue weighted by atomic mass is 10.0. The van der Waals surface area contributed by atoms with Gasteiger partial charge in [0.05, 0.1) is 32.1 Å². The fraction of sp³-hybridized carbons (Fsp3) is 0.353. The quantitative estimate of drug-likeness (QED) is 0.802. The summed E-state index contributed by atoms with van der Waals surface area (Å²) in [7, 11) is 2.47. The zero-order chi connectivity index (χ0) is 18.1. The molecule has 0 fully saturated rings. The highest BCUT2D eigenvalue weighted by molar-refractivity contribution is 6.05. The average molecular weight is 346 g/mol. The van der Waals surface area contributed by atoms with Gasteiger partial charge in [-0.3, -0.25) is 4.79 Å². The number of hydrogen-bond donors (Lipinski definition) is 1. The maximum Gasteiger partial charge on any atom is 0.355 e. The van der Waals surface area contributed by atoms with Crippen molar-refractivity contribution < 1.29 is 28.6 Å². The van der Waals surface area contributed by atoms with E-state index < -0.39 is 11.9 Å². The number of esters is 2. The smallest absolute Gasteiger partial charge is 0.355 e. The van der Waals surface area contributed by atoms with Gasteiger partial charge in [0.25, 0.3) is 5.91 Å². The van der Waals surface area contributed by atoms with Gasteiger partial charge < -0.3 is 24.4 Å². The van der Waals surface area contributed by atoms with E-state index in [1.807, 2.05) is 6.92 Å². The predicted octanol–water partition coefficient (Wildman–Crippen LogP) is 0.633. The summed E-state index contributed by atoms with van der Waals surface area (Å²) in [5, 5.41) is 2.76. The molecule has 0 saturated carbocycles. The molecule has 1 aromatic rings. The number of amides is 1. The maximum absolute atomic E-state index is 12.4. The number of methoxy groups -OCH3 is 2. The van der Waals surface area contributed by atoms with Gasteiger partial charge in [-0.1, -0.05) is 6.07 Å². The van der Waals surface area contributed by atoms with Crippen molar-refractivity contribution >= 4 is 23.5 Å². The van der Waals surface area contributed by atoms with E-state index in [1.165, 1.54) is 14.2 Å². The average Bonchev–Trinajstić information content (AvgIpc) is 3.00. The van der Waals surface area contributed by atoms with Gasteiger partial charge in [-0.05, 0) is 18.6 Å². The van der Waals surface area contributed by atoms with Crippen LogP contribution in [0.2, 0.25) is 0 Å². The summed E-state index contributed by atoms with van der Waals surface area (Å²) >= 11 is 0. The highest BCUT2D eigenvalue weighted by atomic mass is 16.5. The highest BCUT2D eigenvalue weighted by Crippen LogP contribution is 2.35. The molecule has 0 atom stereocenters. The molecule has 2 aliphatic rings. The number of anilines is 1. The van der Waals surface area contributed by atoms with Gasteiger partial charge in [0.15, 0.2) is 0 Å². The molecule has 1 amide bonds. The third-order valence-electron chi connectivity index (χ3n) is 4.26. The van der Waals surface area contributed by atoms with Crippen molar-refractivity contribution in [2.45, 2.75) is 13.5 Å². The van der Waals surface area contributed by atoms with Gasteiger partial charge in [0, 0.05) is 17.7 Å². The molecule has 1 aromatic carbocycles. The normalized spacial score (nSPS) is 16.4. The molecule has 0 aromatic heterocycles. The first-order valence-corrected chi connectivity index (χ1v) is 7.65. The number of fused-ring (bicyclic) bond motifs is 1. The zero-order valence-electron chi connectivity index (χ0n) is 14.2. The standard InChI is InChI=1S/C17H18N2O6/c1-9-4-5-10-11(6-18-15(10)20)13(9)19-8-25-7-12(16(21)23-2)14(19)17(22)24-3/h4-5H,6-8H2,1-3H3,(H,18,20). The van der Waals surface area contributed by atoms with E-state index in [0.717, 1.165) is 11.1 Å². The second kappa shape index (κ2) is 6.56. The Balaban J connectivity index is 2.21. The van der Waals surface area contributed by atoms with Crippen LogP contribution in [0.4, 0.5) is 5.69 Å². The van der Waals surface area contributed by atoms with E-state index in [1.54, 1.807) is 17.0 Å². The van der Waals surface area contributed by atoms with Gasteiger partial charge in [-0.2, -0.15) is 0 Å². The first kappa shape index (κ1) is 17.0. The molecule has 0 aliphatic carbocycles. The summed E-state index contributed by atoms with van der Waals surface area (Å²) in [5.74, 6) is -1.51. The van der Waals surface area contributed by atoms with Crippen molar-refractivity contribution in [3.63, 3.8) is 0 Å². The van der Waals surface area contributed by atoms with Crippen molar-refractivity contribution in [3.05, 3.63) is 40.1 Å². The molecule has 8 nitrogen and oxygen atoms in total. The predicted molar refractivity (Wildman–Crippen MR) is 86.7 cm³/mol. The van der Waals surface area contributed by atoms with Gasteiger partial charge in [0.2, 0.25) is 0 Å². The molecule has 132 valence electrons. The molecule has 0 saturated heterocycles. The molecular weight excluding hydrogens is 328 g/mol. The molecule has 25 heavy (non-hydrogen) atoms. The molecule has 8 heteroatoms. The molecule has 0 spiro atoms. The van der Waals surface area contributed by atoms with E-state index in [0.29, 0.717) is 17.8 Å². The Morgan fingerprint density at radius 3 is 2.60 bits per heavy atom. The lowest BCUT2D eigenvalue weighted by molar-refractivity contribution is -0.140. The lowest BCUT2D eigenvalue weighted by Crippen LogP contribution is -2.39. The first-order valence-electron chi connectivity index (χ1n) is 7.65. The van der Waals surface area contributed by atoms with Crippen molar-refractivity contribution in [2.75, 3.05) is 32.5 Å². The number of carbonyl (C=O) groups is 3. The Labute approximate surface area is 144 Å². The van der Waals surface area contributed by atoms with Crippen LogP contribution in [0.1, 0.15) is 21.5 Å². The molecule has 0 bridgehead atoms. The Hall–Kier alpha value is -2.87. The summed E-state index contributed by atoms with van der Waals surface area (Å²) in [6, 6.07) is 3.53. The van der Waals surface area contributed by atoms with Gasteiger partial charge in [-0.15, -0.1) is 0 Å². The Morgan fingerprint density at radius 1 is 1.20 bits per heavy atom. The number of ether oxygens (including phenoxy) is 3. The second-order valence-electron chi connectivity index (χ2n) is 5.66. The number of benzene rings is 1. The topological polar surface area (TPSA) is 94.2 Å². The van der Waals surface area contributed by atoms with Crippen LogP contribution in [0.3, 0.4) is 0 Å². The van der Waals surface area contributed by atoms with Crippen LogP contribution >= 0.6 is 0 Å². The van der Waals surface area contributed by atoms with E-state index in [2.05, 4.69) is 5.32 Å². The van der Waals surface area contributed by atoms with Gasteiger partial charge >= 0.3 is 11.9 Å². The van der Waals surface area contributed by atoms with E-state index >= 15 is 0 Å². The fourth-order valence-corrected chi connectivity index (χ4v) is 3.10. The van der Waals surface area contributed by atoms with Crippen LogP contribution in [0, 0.1) is 6.92 Å². The van der Waals surface area contributed by atoms with E-state index in [9.17, 15) is 14.4 Å². The van der Waals surface area contributed by atoms with Crippen LogP contribution in [-0.2, 0) is 30.3 Å². The molecule has 0 unspecified atom stereocenters. The summed E-state index contributed by atoms with van der Waals surface area (Å²) in [6.07, 6.45) is 0. The minimum atomic E-state index is -0.669. The number of carbonyl (C=O) groups excluding carboxylic acids is 3. The van der Waals surface area contributed by atoms with Crippen LogP contribution in [0.5, 0.6) is 0 Å². The summed E-state index contributed by atoms with van der Waals surface area (Å²) in [6.45, 7) is 2.19. The Morgan fingerprint density at radius 2 is 1.92 bits per heavy atom. The number of hydrogen-bond acceptors (Lipinski definition) is 7. The molecule has 1 N–H and O–H groups in total. The van der Waals surface area contributed by atoms with Crippen molar-refractivity contribution in [2.24, 2.45) is 0 Å². The third-order valence-corrected chi connectivity index (χ3v) is 4.26. The van der Waals surface area contributed by atoms with Crippen LogP contribution < -0.4 is 10.2 Å². The first-order chi connectivity index (χ1) is 12.0.